The SMILES string of the molecule is CC(=O)N[C@H]1[C@H]([C@H](O)[C@H](O)CO)OC(C(=O)O)=C[C@@H]1NS(=O)(=O)c1cccs1. The Balaban J connectivity index is 2.46. The molecule has 0 radical (unpaired) electrons. The molecule has 0 aromatic carbocycles. The molecule has 0 aliphatic carbocycles. The van der Waals surface area contributed by atoms with E-state index in [9.17, 15) is 33.3 Å². The van der Waals surface area contributed by atoms with Gasteiger partial charge >= 0.3 is 5.97 Å². The number of sulfonamides is 1. The molecule has 28 heavy (non-hydrogen) atoms. The number of thiophene rings is 1. The number of aliphatic hydroxyl groups is 3. The topological polar surface area (TPSA) is 182 Å². The van der Waals surface area contributed by atoms with Gasteiger partial charge in [0.1, 0.15) is 22.5 Å². The maximum Gasteiger partial charge on any atom is 0.370 e. The van der Waals surface area contributed by atoms with E-state index in [4.69, 9.17) is 9.84 Å². The van der Waals surface area contributed by atoms with Crippen LogP contribution in [-0.2, 0) is 24.3 Å². The van der Waals surface area contributed by atoms with Crippen LogP contribution >= 0.6 is 11.3 Å². The summed E-state index contributed by atoms with van der Waals surface area (Å²) in [6.45, 7) is 0.263. The highest BCUT2D eigenvalue weighted by Gasteiger charge is 2.44. The number of ether oxygens (including phenoxy) is 1. The molecule has 0 bridgehead atoms. The van der Waals surface area contributed by atoms with Gasteiger partial charge in [0.05, 0.1) is 18.7 Å². The number of aliphatic hydroxyl groups excluding tert-OH is 3. The predicted octanol–water partition coefficient (Wildman–Crippen LogP) is -2.02. The van der Waals surface area contributed by atoms with Crippen LogP contribution < -0.4 is 10.0 Å². The lowest BCUT2D eigenvalue weighted by atomic mass is 9.92. The first-order valence-electron chi connectivity index (χ1n) is 7.98. The molecular weight excluding hydrogens is 416 g/mol. The van der Waals surface area contributed by atoms with Crippen LogP contribution in [0.15, 0.2) is 33.6 Å². The number of hydrogen-bond acceptors (Lipinski definition) is 9. The minimum atomic E-state index is -4.08. The average molecular weight is 436 g/mol. The van der Waals surface area contributed by atoms with Crippen molar-refractivity contribution in [1.82, 2.24) is 10.0 Å². The summed E-state index contributed by atoms with van der Waals surface area (Å²) in [7, 11) is -4.08. The van der Waals surface area contributed by atoms with E-state index in [2.05, 4.69) is 10.0 Å². The third kappa shape index (κ3) is 5.06. The lowest BCUT2D eigenvalue weighted by Crippen LogP contribution is -2.63. The van der Waals surface area contributed by atoms with E-state index in [1.165, 1.54) is 17.5 Å². The summed E-state index contributed by atoms with van der Waals surface area (Å²) >= 11 is 0.928. The van der Waals surface area contributed by atoms with Gasteiger partial charge in [-0.25, -0.2) is 17.9 Å². The molecule has 1 amide bonds. The largest absolute Gasteiger partial charge is 0.478 e. The quantitative estimate of drug-likeness (QED) is 0.268. The molecule has 0 unspecified atom stereocenters. The van der Waals surface area contributed by atoms with Crippen LogP contribution in [0.2, 0.25) is 0 Å². The van der Waals surface area contributed by atoms with Crippen molar-refractivity contribution in [3.8, 4) is 0 Å². The van der Waals surface area contributed by atoms with Gasteiger partial charge in [0.2, 0.25) is 11.7 Å². The molecule has 0 spiro atoms. The monoisotopic (exact) mass is 436 g/mol. The zero-order valence-corrected chi connectivity index (χ0v) is 16.2. The summed E-state index contributed by atoms with van der Waals surface area (Å²) in [5.41, 5.74) is 0. The summed E-state index contributed by atoms with van der Waals surface area (Å²) in [6, 6.07) is 0.258. The summed E-state index contributed by atoms with van der Waals surface area (Å²) in [6.07, 6.45) is -4.15. The highest BCUT2D eigenvalue weighted by atomic mass is 32.2. The van der Waals surface area contributed by atoms with Crippen molar-refractivity contribution in [2.45, 2.75) is 41.5 Å². The van der Waals surface area contributed by atoms with E-state index >= 15 is 0 Å². The first-order chi connectivity index (χ1) is 13.1. The average Bonchev–Trinajstić information content (AvgIpc) is 3.16. The van der Waals surface area contributed by atoms with Gasteiger partial charge in [-0.15, -0.1) is 11.3 Å². The van der Waals surface area contributed by atoms with Gasteiger partial charge in [-0.1, -0.05) is 6.07 Å². The molecule has 1 aromatic heterocycles. The molecule has 6 N–H and O–H groups in total. The second-order valence-electron chi connectivity index (χ2n) is 5.96. The number of carbonyl (C=O) groups is 2. The van der Waals surface area contributed by atoms with Crippen LogP contribution in [-0.4, -0.2) is 77.7 Å². The Kier molecular flexibility index (Phi) is 7.14. The molecular formula is C15H20N2O9S2. The van der Waals surface area contributed by atoms with Gasteiger partial charge in [0.15, 0.2) is 0 Å². The van der Waals surface area contributed by atoms with Crippen molar-refractivity contribution in [2.24, 2.45) is 0 Å². The van der Waals surface area contributed by atoms with Gasteiger partial charge < -0.3 is 30.5 Å². The third-order valence-electron chi connectivity index (χ3n) is 3.88. The fourth-order valence-electron chi connectivity index (χ4n) is 2.63. The molecule has 2 rings (SSSR count). The van der Waals surface area contributed by atoms with E-state index in [0.717, 1.165) is 24.3 Å². The first kappa shape index (κ1) is 22.3. The minimum Gasteiger partial charge on any atom is -0.478 e. The van der Waals surface area contributed by atoms with Crippen LogP contribution in [0.1, 0.15) is 6.92 Å². The lowest BCUT2D eigenvalue weighted by molar-refractivity contribution is -0.146. The standard InChI is InChI=1S/C15H20N2O9S2/c1-7(19)16-12-8(17-28(24,25)11-3-2-4-27-11)5-10(15(22)23)26-14(12)13(21)9(20)6-18/h2-5,8-9,12-14,17-18,20-21H,6H2,1H3,(H,16,19)(H,22,23)/t8-,9+,12+,13+,14+/m0/s1. The number of carboxylic acids is 1. The zero-order valence-electron chi connectivity index (χ0n) is 14.5. The highest BCUT2D eigenvalue weighted by molar-refractivity contribution is 7.91. The molecule has 1 aliphatic heterocycles. The highest BCUT2D eigenvalue weighted by Crippen LogP contribution is 2.25. The Labute approximate surface area is 164 Å². The van der Waals surface area contributed by atoms with Crippen LogP contribution in [0, 0.1) is 0 Å². The molecule has 13 heteroatoms. The van der Waals surface area contributed by atoms with E-state index in [0.29, 0.717) is 0 Å². The Morgan fingerprint density at radius 2 is 2.04 bits per heavy atom. The van der Waals surface area contributed by atoms with E-state index in [-0.39, 0.29) is 4.21 Å². The number of hydrogen-bond donors (Lipinski definition) is 6. The van der Waals surface area contributed by atoms with E-state index < -0.39 is 64.7 Å². The van der Waals surface area contributed by atoms with E-state index in [1.54, 1.807) is 0 Å². The lowest BCUT2D eigenvalue weighted by Gasteiger charge is -2.39. The molecule has 1 aromatic rings. The molecule has 11 nitrogen and oxygen atoms in total. The van der Waals surface area contributed by atoms with Crippen molar-refractivity contribution in [3.05, 3.63) is 29.3 Å². The number of carbonyl (C=O) groups excluding carboxylic acids is 1. The van der Waals surface area contributed by atoms with Crippen LogP contribution in [0.25, 0.3) is 0 Å². The van der Waals surface area contributed by atoms with Crippen molar-refractivity contribution in [1.29, 1.82) is 0 Å². The summed E-state index contributed by atoms with van der Waals surface area (Å²) in [5.74, 6) is -2.84. The minimum absolute atomic E-state index is 0.0432. The number of amides is 1. The molecule has 1 aliphatic rings. The summed E-state index contributed by atoms with van der Waals surface area (Å²) < 4.78 is 32.5. The zero-order chi connectivity index (χ0) is 21.1. The molecule has 0 saturated carbocycles. The van der Waals surface area contributed by atoms with Gasteiger partial charge in [-0.2, -0.15) is 0 Å². The Hall–Kier alpha value is -2.03. The van der Waals surface area contributed by atoms with Crippen LogP contribution in [0.4, 0.5) is 0 Å². The van der Waals surface area contributed by atoms with Crippen LogP contribution in [0.5, 0.6) is 0 Å². The molecule has 5 atom stereocenters. The number of aliphatic carboxylic acids is 1. The number of carboxylic acid groups (broad SMARTS) is 1. The Morgan fingerprint density at radius 1 is 1.36 bits per heavy atom. The number of rotatable bonds is 8. The van der Waals surface area contributed by atoms with Crippen LogP contribution in [0.3, 0.4) is 0 Å². The van der Waals surface area contributed by atoms with Crippen molar-refractivity contribution < 1.29 is 43.2 Å². The fraction of sp³-hybridized carbons (Fsp3) is 0.467. The van der Waals surface area contributed by atoms with Gasteiger partial charge in [0.25, 0.3) is 10.0 Å². The first-order valence-corrected chi connectivity index (χ1v) is 10.3. The maximum atomic E-state index is 12.6. The smallest absolute Gasteiger partial charge is 0.370 e. The number of nitrogens with one attached hydrogen (secondary N) is 2. The van der Waals surface area contributed by atoms with E-state index in [1.807, 2.05) is 0 Å². The van der Waals surface area contributed by atoms with Crippen molar-refractivity contribution in [2.75, 3.05) is 6.61 Å². The van der Waals surface area contributed by atoms with Crippen molar-refractivity contribution >= 4 is 33.2 Å². The third-order valence-corrected chi connectivity index (χ3v) is 6.74. The van der Waals surface area contributed by atoms with Gasteiger partial charge in [-0.05, 0) is 17.5 Å². The van der Waals surface area contributed by atoms with Gasteiger partial charge in [-0.3, -0.25) is 4.79 Å². The molecule has 2 heterocycles. The Bertz CT molecular complexity index is 838. The summed E-state index contributed by atoms with van der Waals surface area (Å²) in [5, 5.41) is 42.2. The predicted molar refractivity (Wildman–Crippen MR) is 95.7 cm³/mol. The second-order valence-corrected chi connectivity index (χ2v) is 8.85. The Morgan fingerprint density at radius 3 is 2.54 bits per heavy atom. The molecule has 0 fully saturated rings. The van der Waals surface area contributed by atoms with Crippen molar-refractivity contribution in [3.63, 3.8) is 0 Å². The van der Waals surface area contributed by atoms with Gasteiger partial charge in [0, 0.05) is 6.92 Å². The fourth-order valence-corrected chi connectivity index (χ4v) is 4.84. The molecule has 156 valence electrons. The second kappa shape index (κ2) is 8.98. The maximum absolute atomic E-state index is 12.6. The molecule has 0 saturated heterocycles. The summed E-state index contributed by atoms with van der Waals surface area (Å²) in [4.78, 5) is 23.0. The normalized spacial score (nSPS) is 24.6.